The molecule has 0 aliphatic rings. The molecule has 0 saturated heterocycles. The van der Waals surface area contributed by atoms with Crippen LogP contribution in [0.4, 0.5) is 0 Å². The Morgan fingerprint density at radius 2 is 2.08 bits per heavy atom. The number of halogens is 3. The topological polar surface area (TPSA) is 76.7 Å². The maximum Gasteiger partial charge on any atom is 0.282 e. The van der Waals surface area contributed by atoms with Crippen molar-refractivity contribution < 1.29 is 9.84 Å². The normalized spacial score (nSPS) is 11.4. The van der Waals surface area contributed by atoms with Gasteiger partial charge in [0.1, 0.15) is 10.8 Å². The van der Waals surface area contributed by atoms with Crippen LogP contribution in [0.3, 0.4) is 0 Å². The van der Waals surface area contributed by atoms with Crippen LogP contribution >= 0.6 is 43.5 Å². The predicted molar refractivity (Wildman–Crippen MR) is 109 cm³/mol. The van der Waals surface area contributed by atoms with Crippen molar-refractivity contribution in [3.8, 4) is 11.5 Å². The van der Waals surface area contributed by atoms with Gasteiger partial charge in [-0.15, -0.1) is 0 Å². The van der Waals surface area contributed by atoms with Crippen LogP contribution in [-0.2, 0) is 0 Å². The molecule has 0 amide bonds. The maximum atomic E-state index is 12.7. The largest absolute Gasteiger partial charge is 0.503 e. The number of fused-ring (bicyclic) bond motifs is 1. The van der Waals surface area contributed by atoms with E-state index in [1.165, 1.54) is 18.0 Å². The lowest BCUT2D eigenvalue weighted by Crippen LogP contribution is -2.20. The third-order valence-electron chi connectivity index (χ3n) is 3.68. The van der Waals surface area contributed by atoms with E-state index >= 15 is 0 Å². The zero-order chi connectivity index (χ0) is 19.0. The zero-order valence-corrected chi connectivity index (χ0v) is 17.6. The van der Waals surface area contributed by atoms with Crippen molar-refractivity contribution in [1.29, 1.82) is 0 Å². The number of aryl methyl sites for hydroxylation is 1. The molecule has 0 saturated carbocycles. The third-order valence-corrected chi connectivity index (χ3v) is 5.62. The van der Waals surface area contributed by atoms with Gasteiger partial charge in [0.15, 0.2) is 11.5 Å². The molecule has 134 valence electrons. The summed E-state index contributed by atoms with van der Waals surface area (Å²) >= 11 is 12.7. The molecular weight excluding hydrogens is 489 g/mol. The van der Waals surface area contributed by atoms with Crippen LogP contribution in [0.1, 0.15) is 11.4 Å². The molecule has 26 heavy (non-hydrogen) atoms. The van der Waals surface area contributed by atoms with Gasteiger partial charge in [-0.1, -0.05) is 27.5 Å². The van der Waals surface area contributed by atoms with Crippen LogP contribution in [-0.4, -0.2) is 28.1 Å². The van der Waals surface area contributed by atoms with Gasteiger partial charge in [-0.2, -0.15) is 9.78 Å². The lowest BCUT2D eigenvalue weighted by atomic mass is 10.2. The van der Waals surface area contributed by atoms with E-state index in [-0.39, 0.29) is 22.1 Å². The van der Waals surface area contributed by atoms with E-state index in [4.69, 9.17) is 16.3 Å². The van der Waals surface area contributed by atoms with Crippen LogP contribution in [0.2, 0.25) is 5.02 Å². The number of methoxy groups -OCH3 is 1. The van der Waals surface area contributed by atoms with E-state index in [0.29, 0.717) is 26.8 Å². The number of rotatable bonds is 3. The fourth-order valence-corrected chi connectivity index (χ4v) is 3.34. The fraction of sp³-hybridized carbons (Fsp3) is 0.118. The van der Waals surface area contributed by atoms with Crippen LogP contribution in [0, 0.1) is 6.92 Å². The molecule has 1 heterocycles. The van der Waals surface area contributed by atoms with Gasteiger partial charge < -0.3 is 9.84 Å². The summed E-state index contributed by atoms with van der Waals surface area (Å²) in [6.07, 6.45) is 1.44. The van der Waals surface area contributed by atoms with Gasteiger partial charge in [-0.05, 0) is 47.1 Å². The number of hydrogen-bond acceptors (Lipinski definition) is 5. The minimum absolute atomic E-state index is 0.0930. The first-order chi connectivity index (χ1) is 12.3. The monoisotopic (exact) mass is 499 g/mol. The Morgan fingerprint density at radius 3 is 2.77 bits per heavy atom. The minimum atomic E-state index is -0.294. The molecule has 3 aromatic rings. The quantitative estimate of drug-likeness (QED) is 0.537. The Hall–Kier alpha value is -1.90. The lowest BCUT2D eigenvalue weighted by molar-refractivity contribution is 0.373. The summed E-state index contributed by atoms with van der Waals surface area (Å²) < 4.78 is 7.50. The van der Waals surface area contributed by atoms with Crippen molar-refractivity contribution in [2.24, 2.45) is 5.10 Å². The molecule has 0 fully saturated rings. The molecule has 0 bridgehead atoms. The molecule has 0 atom stereocenters. The highest BCUT2D eigenvalue weighted by Crippen LogP contribution is 2.40. The fourth-order valence-electron chi connectivity index (χ4n) is 2.38. The van der Waals surface area contributed by atoms with Gasteiger partial charge in [-0.3, -0.25) is 4.79 Å². The number of benzene rings is 2. The Kier molecular flexibility index (Phi) is 5.36. The molecule has 9 heteroatoms. The molecule has 0 spiro atoms. The molecule has 3 rings (SSSR count). The molecule has 0 aliphatic heterocycles. The second-order valence-electron chi connectivity index (χ2n) is 5.33. The third kappa shape index (κ3) is 3.36. The number of hydrogen-bond donors (Lipinski definition) is 1. The number of phenols is 1. The summed E-state index contributed by atoms with van der Waals surface area (Å²) in [5.41, 5.74) is 0.834. The SMILES string of the molecule is COc1cc(C=Nn2c(C)nc3ccc(Br)cc3c2=O)c(Br)c(Cl)c1O. The Morgan fingerprint density at radius 1 is 1.35 bits per heavy atom. The van der Waals surface area contributed by atoms with Crippen LogP contribution in [0.25, 0.3) is 10.9 Å². The van der Waals surface area contributed by atoms with E-state index in [9.17, 15) is 9.90 Å². The lowest BCUT2D eigenvalue weighted by Gasteiger charge is -2.09. The van der Waals surface area contributed by atoms with Gasteiger partial charge in [0.05, 0.1) is 24.2 Å². The summed E-state index contributed by atoms with van der Waals surface area (Å²) in [7, 11) is 1.42. The molecule has 1 aromatic heterocycles. The molecule has 6 nitrogen and oxygen atoms in total. The smallest absolute Gasteiger partial charge is 0.282 e. The van der Waals surface area contributed by atoms with Crippen molar-refractivity contribution in [3.05, 3.63) is 60.0 Å². The van der Waals surface area contributed by atoms with Crippen LogP contribution in [0.5, 0.6) is 11.5 Å². The highest BCUT2D eigenvalue weighted by atomic mass is 79.9. The first kappa shape index (κ1) is 18.9. The number of aromatic hydroxyl groups is 1. The van der Waals surface area contributed by atoms with Crippen molar-refractivity contribution in [2.75, 3.05) is 7.11 Å². The Balaban J connectivity index is 2.15. The van der Waals surface area contributed by atoms with Crippen molar-refractivity contribution in [2.45, 2.75) is 6.92 Å². The zero-order valence-electron chi connectivity index (χ0n) is 13.6. The van der Waals surface area contributed by atoms with E-state index < -0.39 is 0 Å². The van der Waals surface area contributed by atoms with Crippen molar-refractivity contribution >= 4 is 60.6 Å². The van der Waals surface area contributed by atoms with Crippen molar-refractivity contribution in [3.63, 3.8) is 0 Å². The van der Waals surface area contributed by atoms with E-state index in [2.05, 4.69) is 41.9 Å². The van der Waals surface area contributed by atoms with Gasteiger partial charge in [0.2, 0.25) is 0 Å². The van der Waals surface area contributed by atoms with Gasteiger partial charge in [-0.25, -0.2) is 4.98 Å². The maximum absolute atomic E-state index is 12.7. The second kappa shape index (κ2) is 7.38. The van der Waals surface area contributed by atoms with Crippen LogP contribution in [0.15, 0.2) is 43.1 Å². The molecule has 0 radical (unpaired) electrons. The number of aromatic nitrogens is 2. The average molecular weight is 502 g/mol. The summed E-state index contributed by atoms with van der Waals surface area (Å²) in [6, 6.07) is 6.85. The van der Waals surface area contributed by atoms with E-state index in [1.807, 2.05) is 6.07 Å². The summed E-state index contributed by atoms with van der Waals surface area (Å²) in [5.74, 6) is 0.460. The minimum Gasteiger partial charge on any atom is -0.503 e. The van der Waals surface area contributed by atoms with Gasteiger partial charge in [0, 0.05) is 14.5 Å². The van der Waals surface area contributed by atoms with Crippen molar-refractivity contribution in [1.82, 2.24) is 9.66 Å². The average Bonchev–Trinajstić information content (AvgIpc) is 2.62. The molecular formula is C17H12Br2ClN3O3. The van der Waals surface area contributed by atoms with E-state index in [1.54, 1.807) is 25.1 Å². The molecule has 2 aromatic carbocycles. The summed E-state index contributed by atoms with van der Waals surface area (Å²) in [6.45, 7) is 1.69. The highest BCUT2D eigenvalue weighted by molar-refractivity contribution is 9.10. The summed E-state index contributed by atoms with van der Waals surface area (Å²) in [5, 5.41) is 14.7. The van der Waals surface area contributed by atoms with E-state index in [0.717, 1.165) is 4.47 Å². The van der Waals surface area contributed by atoms with Gasteiger partial charge >= 0.3 is 0 Å². The van der Waals surface area contributed by atoms with Crippen LogP contribution < -0.4 is 10.3 Å². The standard InChI is InChI=1S/C17H12Br2ClN3O3/c1-8-22-12-4-3-10(18)6-11(12)17(25)23(8)21-7-9-5-13(26-2)16(24)15(20)14(9)19/h3-7,24H,1-2H3. The Bertz CT molecular complexity index is 1110. The molecule has 1 N–H and O–H groups in total. The number of phenolic OH excluding ortho intramolecular Hbond substituents is 1. The first-order valence-electron chi connectivity index (χ1n) is 7.31. The highest BCUT2D eigenvalue weighted by Gasteiger charge is 2.14. The first-order valence-corrected chi connectivity index (χ1v) is 9.28. The number of nitrogens with zero attached hydrogens (tertiary/aromatic N) is 3. The summed E-state index contributed by atoms with van der Waals surface area (Å²) in [4.78, 5) is 17.1. The Labute approximate surface area is 170 Å². The van der Waals surface area contributed by atoms with Gasteiger partial charge in [0.25, 0.3) is 5.56 Å². The second-order valence-corrected chi connectivity index (χ2v) is 7.41. The predicted octanol–water partition coefficient (Wildman–Crippen LogP) is 4.48. The molecule has 0 aliphatic carbocycles. The number of ether oxygens (including phenoxy) is 1. The molecule has 0 unspecified atom stereocenters.